The molecule has 0 saturated carbocycles. The number of rotatable bonds is 7. The molecule has 0 aliphatic heterocycles. The largest absolute Gasteiger partial charge is 0.497 e. The van der Waals surface area contributed by atoms with Gasteiger partial charge >= 0.3 is 0 Å². The average Bonchev–Trinajstić information content (AvgIpc) is 3.06. The zero-order chi connectivity index (χ0) is 19.2. The highest BCUT2D eigenvalue weighted by molar-refractivity contribution is 6.05. The van der Waals surface area contributed by atoms with Crippen LogP contribution < -0.4 is 14.8 Å². The predicted molar refractivity (Wildman–Crippen MR) is 105 cm³/mol. The number of aromatic amines is 1. The molecule has 0 saturated heterocycles. The van der Waals surface area contributed by atoms with Crippen LogP contribution in [0.1, 0.15) is 27.3 Å². The van der Waals surface area contributed by atoms with Crippen LogP contribution in [-0.4, -0.2) is 30.3 Å². The topological polar surface area (TPSA) is 76.2 Å². The Labute approximate surface area is 158 Å². The van der Waals surface area contributed by atoms with Crippen LogP contribution in [0.2, 0.25) is 0 Å². The number of benzene rings is 2. The molecular weight excluding hydrogens is 342 g/mol. The number of ether oxygens (including phenoxy) is 2. The Morgan fingerprint density at radius 2 is 1.78 bits per heavy atom. The number of carbonyl (C=O) groups is 1. The predicted octanol–water partition coefficient (Wildman–Crippen LogP) is 3.77. The summed E-state index contributed by atoms with van der Waals surface area (Å²) in [4.78, 5) is 12.6. The van der Waals surface area contributed by atoms with Gasteiger partial charge in [-0.3, -0.25) is 9.89 Å². The van der Waals surface area contributed by atoms with E-state index >= 15 is 0 Å². The molecule has 1 aromatic heterocycles. The fourth-order valence-electron chi connectivity index (χ4n) is 2.83. The van der Waals surface area contributed by atoms with E-state index in [1.54, 1.807) is 38.5 Å². The molecule has 0 bridgehead atoms. The third-order valence-electron chi connectivity index (χ3n) is 4.40. The molecule has 0 aliphatic carbocycles. The zero-order valence-electron chi connectivity index (χ0n) is 15.7. The molecule has 0 radical (unpaired) electrons. The standard InChI is InChI=1S/C21H23N3O3/c1-14-20(22-21(25)16-5-4-6-18(13-16)27-3)19(24-23-14)12-9-15-7-10-17(26-2)11-8-15/h4-8,10-11,13H,9,12H2,1-3H3,(H,22,25)(H,23,24). The lowest BCUT2D eigenvalue weighted by atomic mass is 10.1. The van der Waals surface area contributed by atoms with E-state index in [0.29, 0.717) is 17.7 Å². The van der Waals surface area contributed by atoms with Gasteiger partial charge in [-0.15, -0.1) is 0 Å². The maximum atomic E-state index is 12.6. The van der Waals surface area contributed by atoms with Gasteiger partial charge in [0.25, 0.3) is 5.91 Å². The molecule has 3 rings (SSSR count). The lowest BCUT2D eigenvalue weighted by Gasteiger charge is -2.08. The lowest BCUT2D eigenvalue weighted by Crippen LogP contribution is -2.13. The molecule has 3 aromatic rings. The summed E-state index contributed by atoms with van der Waals surface area (Å²) in [5, 5.41) is 10.3. The second-order valence-electron chi connectivity index (χ2n) is 6.20. The van der Waals surface area contributed by atoms with Crippen molar-refractivity contribution in [1.82, 2.24) is 10.2 Å². The maximum absolute atomic E-state index is 12.6. The first-order chi connectivity index (χ1) is 13.1. The number of amides is 1. The molecule has 0 aliphatic rings. The summed E-state index contributed by atoms with van der Waals surface area (Å²) < 4.78 is 10.4. The summed E-state index contributed by atoms with van der Waals surface area (Å²) >= 11 is 0. The van der Waals surface area contributed by atoms with E-state index in [4.69, 9.17) is 9.47 Å². The minimum atomic E-state index is -0.191. The van der Waals surface area contributed by atoms with Crippen molar-refractivity contribution in [3.05, 3.63) is 71.0 Å². The summed E-state index contributed by atoms with van der Waals surface area (Å²) in [6, 6.07) is 15.0. The molecule has 0 atom stereocenters. The van der Waals surface area contributed by atoms with Gasteiger partial charge in [-0.2, -0.15) is 5.10 Å². The SMILES string of the molecule is COc1ccc(CCc2n[nH]c(C)c2NC(=O)c2cccc(OC)c2)cc1. The van der Waals surface area contributed by atoms with Gasteiger partial charge in [-0.1, -0.05) is 18.2 Å². The Morgan fingerprint density at radius 3 is 2.48 bits per heavy atom. The van der Waals surface area contributed by atoms with Crippen LogP contribution in [-0.2, 0) is 12.8 Å². The third-order valence-corrected chi connectivity index (χ3v) is 4.40. The van der Waals surface area contributed by atoms with Crippen molar-refractivity contribution in [2.45, 2.75) is 19.8 Å². The second-order valence-corrected chi connectivity index (χ2v) is 6.20. The normalized spacial score (nSPS) is 10.5. The molecular formula is C21H23N3O3. The minimum Gasteiger partial charge on any atom is -0.497 e. The highest BCUT2D eigenvalue weighted by atomic mass is 16.5. The van der Waals surface area contributed by atoms with Gasteiger partial charge in [0, 0.05) is 5.56 Å². The quantitative estimate of drug-likeness (QED) is 0.668. The molecule has 1 heterocycles. The molecule has 0 unspecified atom stereocenters. The van der Waals surface area contributed by atoms with Crippen molar-refractivity contribution in [3.63, 3.8) is 0 Å². The van der Waals surface area contributed by atoms with E-state index < -0.39 is 0 Å². The molecule has 2 aromatic carbocycles. The Morgan fingerprint density at radius 1 is 1.04 bits per heavy atom. The van der Waals surface area contributed by atoms with E-state index in [2.05, 4.69) is 15.5 Å². The molecule has 0 fully saturated rings. The van der Waals surface area contributed by atoms with Gasteiger partial charge in [0.2, 0.25) is 0 Å². The highest BCUT2D eigenvalue weighted by Gasteiger charge is 2.15. The molecule has 6 nitrogen and oxygen atoms in total. The van der Waals surface area contributed by atoms with Gasteiger partial charge in [0.15, 0.2) is 0 Å². The molecule has 140 valence electrons. The molecule has 1 amide bonds. The van der Waals surface area contributed by atoms with Crippen LogP contribution in [0.4, 0.5) is 5.69 Å². The summed E-state index contributed by atoms with van der Waals surface area (Å²) in [7, 11) is 3.23. The summed E-state index contributed by atoms with van der Waals surface area (Å²) in [5.74, 6) is 1.29. The Balaban J connectivity index is 1.70. The highest BCUT2D eigenvalue weighted by Crippen LogP contribution is 2.22. The molecule has 2 N–H and O–H groups in total. The third kappa shape index (κ3) is 4.47. The minimum absolute atomic E-state index is 0.191. The van der Waals surface area contributed by atoms with Crippen molar-refractivity contribution >= 4 is 11.6 Å². The van der Waals surface area contributed by atoms with Gasteiger partial charge < -0.3 is 14.8 Å². The number of methoxy groups -OCH3 is 2. The van der Waals surface area contributed by atoms with Crippen LogP contribution in [0.25, 0.3) is 0 Å². The first-order valence-corrected chi connectivity index (χ1v) is 8.73. The summed E-state index contributed by atoms with van der Waals surface area (Å²) in [6.07, 6.45) is 1.53. The monoisotopic (exact) mass is 365 g/mol. The van der Waals surface area contributed by atoms with E-state index in [1.165, 1.54) is 5.56 Å². The Bertz CT molecular complexity index is 917. The van der Waals surface area contributed by atoms with E-state index in [1.807, 2.05) is 31.2 Å². The number of nitrogens with one attached hydrogen (secondary N) is 2. The Kier molecular flexibility index (Phi) is 5.76. The fourth-order valence-corrected chi connectivity index (χ4v) is 2.83. The van der Waals surface area contributed by atoms with Crippen molar-refractivity contribution in [2.24, 2.45) is 0 Å². The number of anilines is 1. The number of carbonyl (C=O) groups excluding carboxylic acids is 1. The van der Waals surface area contributed by atoms with E-state index in [-0.39, 0.29) is 5.91 Å². The summed E-state index contributed by atoms with van der Waals surface area (Å²) in [5.41, 5.74) is 4.12. The van der Waals surface area contributed by atoms with Crippen LogP contribution in [0.5, 0.6) is 11.5 Å². The van der Waals surface area contributed by atoms with Crippen molar-refractivity contribution < 1.29 is 14.3 Å². The first-order valence-electron chi connectivity index (χ1n) is 8.73. The molecule has 27 heavy (non-hydrogen) atoms. The van der Waals surface area contributed by atoms with Crippen molar-refractivity contribution in [2.75, 3.05) is 19.5 Å². The number of hydrogen-bond acceptors (Lipinski definition) is 4. The number of hydrogen-bond donors (Lipinski definition) is 2. The van der Waals surface area contributed by atoms with Crippen molar-refractivity contribution in [3.8, 4) is 11.5 Å². The van der Waals surface area contributed by atoms with Crippen molar-refractivity contribution in [1.29, 1.82) is 0 Å². The van der Waals surface area contributed by atoms with Crippen LogP contribution in [0.15, 0.2) is 48.5 Å². The van der Waals surface area contributed by atoms with E-state index in [9.17, 15) is 4.79 Å². The van der Waals surface area contributed by atoms with E-state index in [0.717, 1.165) is 29.2 Å². The summed E-state index contributed by atoms with van der Waals surface area (Å²) in [6.45, 7) is 1.89. The van der Waals surface area contributed by atoms with Crippen LogP contribution in [0.3, 0.4) is 0 Å². The average molecular weight is 365 g/mol. The lowest BCUT2D eigenvalue weighted by molar-refractivity contribution is 0.102. The van der Waals surface area contributed by atoms with Gasteiger partial charge in [-0.25, -0.2) is 0 Å². The number of nitrogens with zero attached hydrogens (tertiary/aromatic N) is 1. The molecule has 0 spiro atoms. The van der Waals surface area contributed by atoms with Gasteiger partial charge in [0.1, 0.15) is 11.5 Å². The zero-order valence-corrected chi connectivity index (χ0v) is 15.7. The van der Waals surface area contributed by atoms with Crippen LogP contribution >= 0.6 is 0 Å². The Hall–Kier alpha value is -3.28. The van der Waals surface area contributed by atoms with Gasteiger partial charge in [0.05, 0.1) is 31.3 Å². The molecule has 6 heteroatoms. The van der Waals surface area contributed by atoms with Gasteiger partial charge in [-0.05, 0) is 55.7 Å². The maximum Gasteiger partial charge on any atom is 0.255 e. The fraction of sp³-hybridized carbons (Fsp3) is 0.238. The number of aromatic nitrogens is 2. The smallest absolute Gasteiger partial charge is 0.255 e. The second kappa shape index (κ2) is 8.40. The van der Waals surface area contributed by atoms with Crippen LogP contribution in [0, 0.1) is 6.92 Å². The number of H-pyrrole nitrogens is 1. The number of aryl methyl sites for hydroxylation is 3. The first kappa shape index (κ1) is 18.5.